The van der Waals surface area contributed by atoms with Gasteiger partial charge in [-0.1, -0.05) is 0 Å². The van der Waals surface area contributed by atoms with E-state index in [4.69, 9.17) is 5.11 Å². The van der Waals surface area contributed by atoms with Crippen molar-refractivity contribution < 1.29 is 19.5 Å². The Morgan fingerprint density at radius 2 is 1.65 bits per heavy atom. The number of rotatable bonds is 7. The third-order valence-electron chi connectivity index (χ3n) is 2.87. The first-order valence-electron chi connectivity index (χ1n) is 6.60. The van der Waals surface area contributed by atoms with Gasteiger partial charge in [-0.15, -0.1) is 0 Å². The zero-order valence-electron chi connectivity index (χ0n) is 11.9. The minimum atomic E-state index is -1.03. The summed E-state index contributed by atoms with van der Waals surface area (Å²) in [5.74, 6) is -0.602. The molecule has 20 heavy (non-hydrogen) atoms. The molecule has 1 saturated carbocycles. The molecular formula is C12H22N4O4. The van der Waals surface area contributed by atoms with E-state index < -0.39 is 12.0 Å². The van der Waals surface area contributed by atoms with Crippen LogP contribution in [0.1, 0.15) is 12.8 Å². The van der Waals surface area contributed by atoms with E-state index in [9.17, 15) is 14.4 Å². The lowest BCUT2D eigenvalue weighted by atomic mass is 10.3. The number of nitrogens with one attached hydrogen (secondary N) is 2. The average Bonchev–Trinajstić information content (AvgIpc) is 3.16. The highest BCUT2D eigenvalue weighted by Crippen LogP contribution is 2.29. The minimum absolute atomic E-state index is 0.236. The molecule has 0 atom stereocenters. The predicted molar refractivity (Wildman–Crippen MR) is 72.4 cm³/mol. The number of amides is 4. The largest absolute Gasteiger partial charge is 0.480 e. The van der Waals surface area contributed by atoms with Crippen LogP contribution in [-0.4, -0.2) is 73.2 Å². The molecule has 114 valence electrons. The number of carbonyl (C=O) groups is 3. The predicted octanol–water partition coefficient (Wildman–Crippen LogP) is -0.236. The third kappa shape index (κ3) is 6.26. The van der Waals surface area contributed by atoms with Crippen LogP contribution in [0, 0.1) is 5.92 Å². The van der Waals surface area contributed by atoms with Crippen LogP contribution < -0.4 is 10.6 Å². The Morgan fingerprint density at radius 1 is 1.10 bits per heavy atom. The summed E-state index contributed by atoms with van der Waals surface area (Å²) in [5.41, 5.74) is 0. The molecule has 0 aromatic carbocycles. The first-order chi connectivity index (χ1) is 9.40. The van der Waals surface area contributed by atoms with Crippen LogP contribution in [0.3, 0.4) is 0 Å². The quantitative estimate of drug-likeness (QED) is 0.562. The fraction of sp³-hybridized carbons (Fsp3) is 0.750. The molecule has 0 aromatic heterocycles. The van der Waals surface area contributed by atoms with Crippen molar-refractivity contribution in [3.63, 3.8) is 0 Å². The van der Waals surface area contributed by atoms with E-state index >= 15 is 0 Å². The van der Waals surface area contributed by atoms with Crippen molar-refractivity contribution in [3.05, 3.63) is 0 Å². The van der Waals surface area contributed by atoms with Gasteiger partial charge in [0.1, 0.15) is 6.54 Å². The van der Waals surface area contributed by atoms with Gasteiger partial charge >= 0.3 is 18.0 Å². The van der Waals surface area contributed by atoms with Crippen LogP contribution in [0.4, 0.5) is 9.59 Å². The molecule has 1 fully saturated rings. The summed E-state index contributed by atoms with van der Waals surface area (Å²) >= 11 is 0. The second kappa shape index (κ2) is 7.56. The van der Waals surface area contributed by atoms with Gasteiger partial charge in [-0.25, -0.2) is 9.59 Å². The van der Waals surface area contributed by atoms with Gasteiger partial charge in [0.05, 0.1) is 0 Å². The normalized spacial score (nSPS) is 13.5. The third-order valence-corrected chi connectivity index (χ3v) is 2.87. The van der Waals surface area contributed by atoms with E-state index in [1.165, 1.54) is 9.80 Å². The smallest absolute Gasteiger partial charge is 0.323 e. The SMILES string of the molecule is CN(C)C(=O)NCCNC(=O)N(CC(=O)O)CC1CC1. The van der Waals surface area contributed by atoms with E-state index in [0.29, 0.717) is 19.0 Å². The Labute approximate surface area is 118 Å². The molecule has 0 spiro atoms. The number of aliphatic carboxylic acids is 1. The lowest BCUT2D eigenvalue weighted by Gasteiger charge is -2.21. The summed E-state index contributed by atoms with van der Waals surface area (Å²) in [4.78, 5) is 36.5. The molecular weight excluding hydrogens is 264 g/mol. The molecule has 8 heteroatoms. The maximum atomic E-state index is 11.8. The topological polar surface area (TPSA) is 102 Å². The van der Waals surface area contributed by atoms with E-state index in [2.05, 4.69) is 10.6 Å². The van der Waals surface area contributed by atoms with E-state index in [1.54, 1.807) is 14.1 Å². The molecule has 0 aromatic rings. The van der Waals surface area contributed by atoms with Gasteiger partial charge in [-0.05, 0) is 18.8 Å². The fourth-order valence-corrected chi connectivity index (χ4v) is 1.60. The number of carbonyl (C=O) groups excluding carboxylic acids is 2. The monoisotopic (exact) mass is 286 g/mol. The number of hydrogen-bond acceptors (Lipinski definition) is 3. The molecule has 3 N–H and O–H groups in total. The standard InChI is InChI=1S/C12H22N4O4/c1-15(2)11(19)13-5-6-14-12(20)16(8-10(17)18)7-9-3-4-9/h9H,3-8H2,1-2H3,(H,13,19)(H,14,20)(H,17,18). The molecule has 4 amide bonds. The van der Waals surface area contributed by atoms with Gasteiger partial charge in [-0.3, -0.25) is 4.79 Å². The fourth-order valence-electron chi connectivity index (χ4n) is 1.60. The summed E-state index contributed by atoms with van der Waals surface area (Å²) in [7, 11) is 3.25. The van der Waals surface area contributed by atoms with Gasteiger partial charge in [0.25, 0.3) is 0 Å². The van der Waals surface area contributed by atoms with Gasteiger partial charge < -0.3 is 25.5 Å². The van der Waals surface area contributed by atoms with Crippen LogP contribution in [0.15, 0.2) is 0 Å². The van der Waals surface area contributed by atoms with Crippen molar-refractivity contribution in [2.45, 2.75) is 12.8 Å². The highest BCUT2D eigenvalue weighted by Gasteiger charge is 2.27. The van der Waals surface area contributed by atoms with Crippen molar-refractivity contribution in [3.8, 4) is 0 Å². The lowest BCUT2D eigenvalue weighted by molar-refractivity contribution is -0.137. The maximum Gasteiger partial charge on any atom is 0.323 e. The van der Waals surface area contributed by atoms with Crippen LogP contribution in [0.25, 0.3) is 0 Å². The summed E-state index contributed by atoms with van der Waals surface area (Å²) in [6.07, 6.45) is 2.09. The number of urea groups is 2. The summed E-state index contributed by atoms with van der Waals surface area (Å²) in [6.45, 7) is 0.737. The molecule has 0 saturated heterocycles. The second-order valence-corrected chi connectivity index (χ2v) is 5.08. The number of carboxylic acid groups (broad SMARTS) is 1. The molecule has 1 aliphatic carbocycles. The number of hydrogen-bond donors (Lipinski definition) is 3. The Kier molecular flexibility index (Phi) is 6.08. The van der Waals surface area contributed by atoms with Gasteiger partial charge in [0, 0.05) is 33.7 Å². The number of carboxylic acids is 1. The van der Waals surface area contributed by atoms with Gasteiger partial charge in [0.2, 0.25) is 0 Å². The van der Waals surface area contributed by atoms with Crippen molar-refractivity contribution in [2.24, 2.45) is 5.92 Å². The van der Waals surface area contributed by atoms with E-state index in [1.807, 2.05) is 0 Å². The molecule has 0 aliphatic heterocycles. The zero-order chi connectivity index (χ0) is 15.1. The minimum Gasteiger partial charge on any atom is -0.480 e. The van der Waals surface area contributed by atoms with Gasteiger partial charge in [0.15, 0.2) is 0 Å². The van der Waals surface area contributed by atoms with Crippen molar-refractivity contribution >= 4 is 18.0 Å². The molecule has 8 nitrogen and oxygen atoms in total. The van der Waals surface area contributed by atoms with Crippen molar-refractivity contribution in [2.75, 3.05) is 40.3 Å². The van der Waals surface area contributed by atoms with Crippen LogP contribution >= 0.6 is 0 Å². The number of nitrogens with zero attached hydrogens (tertiary/aromatic N) is 2. The lowest BCUT2D eigenvalue weighted by Crippen LogP contribution is -2.46. The molecule has 0 bridgehead atoms. The van der Waals surface area contributed by atoms with Crippen molar-refractivity contribution in [1.82, 2.24) is 20.4 Å². The molecule has 1 aliphatic rings. The molecule has 0 radical (unpaired) electrons. The van der Waals surface area contributed by atoms with Gasteiger partial charge in [-0.2, -0.15) is 0 Å². The zero-order valence-corrected chi connectivity index (χ0v) is 11.9. The first kappa shape index (κ1) is 16.1. The van der Waals surface area contributed by atoms with Crippen LogP contribution in [0.2, 0.25) is 0 Å². The maximum absolute atomic E-state index is 11.8. The first-order valence-corrected chi connectivity index (χ1v) is 6.60. The Balaban J connectivity index is 2.26. The summed E-state index contributed by atoms with van der Waals surface area (Å²) in [5, 5.41) is 14.0. The van der Waals surface area contributed by atoms with Crippen LogP contribution in [-0.2, 0) is 4.79 Å². The van der Waals surface area contributed by atoms with E-state index in [-0.39, 0.29) is 19.1 Å². The molecule has 0 heterocycles. The van der Waals surface area contributed by atoms with Crippen molar-refractivity contribution in [1.29, 1.82) is 0 Å². The van der Waals surface area contributed by atoms with E-state index in [0.717, 1.165) is 12.8 Å². The van der Waals surface area contributed by atoms with Crippen LogP contribution in [0.5, 0.6) is 0 Å². The highest BCUT2D eigenvalue weighted by atomic mass is 16.4. The Morgan fingerprint density at radius 3 is 2.10 bits per heavy atom. The molecule has 0 unspecified atom stereocenters. The highest BCUT2D eigenvalue weighted by molar-refractivity contribution is 5.80. The molecule has 1 rings (SSSR count). The average molecular weight is 286 g/mol. The Bertz CT molecular complexity index is 368. The Hall–Kier alpha value is -1.99. The summed E-state index contributed by atoms with van der Waals surface area (Å²) in [6, 6.07) is -0.641. The second-order valence-electron chi connectivity index (χ2n) is 5.08. The summed E-state index contributed by atoms with van der Waals surface area (Å²) < 4.78 is 0.